The number of aliphatic hydroxyl groups excluding tert-OH is 1. The van der Waals surface area contributed by atoms with Gasteiger partial charge in [-0.2, -0.15) is 5.09 Å². The Labute approximate surface area is 277 Å². The molecule has 1 fully saturated rings. The van der Waals surface area contributed by atoms with Gasteiger partial charge in [0.15, 0.2) is 35.0 Å². The van der Waals surface area contributed by atoms with Gasteiger partial charge in [0.1, 0.15) is 24.2 Å². The Morgan fingerprint density at radius 3 is 2.56 bits per heavy atom. The van der Waals surface area contributed by atoms with Gasteiger partial charge in [0.2, 0.25) is 0 Å². The predicted octanol–water partition coefficient (Wildman–Crippen LogP) is 5.41. The quantitative estimate of drug-likeness (QED) is 0.153. The number of anilines is 1. The highest BCUT2D eigenvalue weighted by atomic mass is 31.2. The molecule has 1 aliphatic heterocycles. The maximum atomic E-state index is 16.6. The molecule has 5 rings (SSSR count). The lowest BCUT2D eigenvalue weighted by Crippen LogP contribution is -2.47. The zero-order valence-electron chi connectivity index (χ0n) is 28.1. The molecule has 2 aromatic heterocycles. The largest absolute Gasteiger partial charge is 0.464 e. The SMILES string of the molecule is Cc1nc(N(C)C)c2ncn([C@@H]3O[C@](F)(CO[P@](=O)(N[C@@H](C)C(=O)OCC(C)(C)C)Oc4cccc5ccccc45)[C@@H](O)[C@@]3(C)F)c2n1. The van der Waals surface area contributed by atoms with Crippen molar-refractivity contribution in [1.29, 1.82) is 0 Å². The van der Waals surface area contributed by atoms with E-state index in [-0.39, 0.29) is 23.4 Å². The molecule has 0 bridgehead atoms. The number of aromatic nitrogens is 4. The zero-order chi connectivity index (χ0) is 35.2. The van der Waals surface area contributed by atoms with Crippen molar-refractivity contribution in [3.8, 4) is 5.75 Å². The monoisotopic (exact) mass is 690 g/mol. The van der Waals surface area contributed by atoms with E-state index in [1.54, 1.807) is 44.1 Å². The van der Waals surface area contributed by atoms with Gasteiger partial charge in [0, 0.05) is 19.5 Å². The van der Waals surface area contributed by atoms with Gasteiger partial charge >= 0.3 is 13.7 Å². The summed E-state index contributed by atoms with van der Waals surface area (Å²) >= 11 is 0. The lowest BCUT2D eigenvalue weighted by Gasteiger charge is -2.28. The maximum absolute atomic E-state index is 16.6. The third kappa shape index (κ3) is 7.15. The third-order valence-electron chi connectivity index (χ3n) is 7.68. The van der Waals surface area contributed by atoms with Gasteiger partial charge < -0.3 is 24.0 Å². The molecule has 13 nitrogen and oxygen atoms in total. The summed E-state index contributed by atoms with van der Waals surface area (Å²) in [5, 5.41) is 14.8. The molecule has 6 atom stereocenters. The van der Waals surface area contributed by atoms with Crippen molar-refractivity contribution in [3.05, 3.63) is 54.6 Å². The second-order valence-corrected chi connectivity index (χ2v) is 15.2. The molecule has 260 valence electrons. The number of fused-ring (bicyclic) bond motifs is 2. The first-order valence-electron chi connectivity index (χ1n) is 15.3. The number of nitrogens with zero attached hydrogens (tertiary/aromatic N) is 5. The molecule has 0 radical (unpaired) electrons. The number of aryl methyl sites for hydroxylation is 1. The van der Waals surface area contributed by atoms with Gasteiger partial charge in [-0.25, -0.2) is 28.3 Å². The Morgan fingerprint density at radius 1 is 1.19 bits per heavy atom. The number of carbonyl (C=O) groups is 1. The molecule has 0 amide bonds. The lowest BCUT2D eigenvalue weighted by molar-refractivity contribution is -0.202. The number of ether oxygens (including phenoxy) is 2. The Bertz CT molecular complexity index is 1860. The van der Waals surface area contributed by atoms with Crippen molar-refractivity contribution in [2.75, 3.05) is 32.2 Å². The van der Waals surface area contributed by atoms with Gasteiger partial charge in [-0.05, 0) is 37.6 Å². The first kappa shape index (κ1) is 35.6. The number of rotatable bonds is 11. The van der Waals surface area contributed by atoms with Crippen LogP contribution in [0, 0.1) is 12.3 Å². The number of aliphatic hydroxyl groups is 1. The summed E-state index contributed by atoms with van der Waals surface area (Å²) in [6.07, 6.45) is -2.98. The second kappa shape index (κ2) is 12.9. The van der Waals surface area contributed by atoms with E-state index in [2.05, 4.69) is 20.0 Å². The summed E-state index contributed by atoms with van der Waals surface area (Å²) in [6.45, 7) is 8.41. The maximum Gasteiger partial charge on any atom is 0.459 e. The van der Waals surface area contributed by atoms with E-state index in [0.29, 0.717) is 22.5 Å². The summed E-state index contributed by atoms with van der Waals surface area (Å²) in [7, 11) is -1.18. The van der Waals surface area contributed by atoms with Crippen LogP contribution in [0.1, 0.15) is 46.7 Å². The minimum Gasteiger partial charge on any atom is -0.464 e. The van der Waals surface area contributed by atoms with E-state index in [1.165, 1.54) is 23.9 Å². The summed E-state index contributed by atoms with van der Waals surface area (Å²) in [5.74, 6) is -3.12. The number of carbonyl (C=O) groups excluding carboxylic acids is 1. The van der Waals surface area contributed by atoms with Crippen molar-refractivity contribution in [2.45, 2.75) is 71.4 Å². The fraction of sp³-hybridized carbons (Fsp3) is 0.500. The molecule has 3 heterocycles. The number of hydrogen-bond acceptors (Lipinski definition) is 11. The van der Waals surface area contributed by atoms with Gasteiger partial charge in [-0.15, -0.1) is 0 Å². The van der Waals surface area contributed by atoms with Crippen LogP contribution in [0.3, 0.4) is 0 Å². The van der Waals surface area contributed by atoms with E-state index in [9.17, 15) is 14.5 Å². The van der Waals surface area contributed by atoms with Crippen LogP contribution in [0.4, 0.5) is 14.6 Å². The molecular formula is C32H41F2N6O7P. The Morgan fingerprint density at radius 2 is 1.88 bits per heavy atom. The van der Waals surface area contributed by atoms with Crippen molar-refractivity contribution >= 4 is 41.5 Å². The topological polar surface area (TPSA) is 150 Å². The molecule has 0 saturated carbocycles. The number of imidazole rings is 1. The molecule has 16 heteroatoms. The Kier molecular flexibility index (Phi) is 9.58. The first-order valence-corrected chi connectivity index (χ1v) is 16.9. The van der Waals surface area contributed by atoms with Crippen LogP contribution in [-0.2, 0) is 23.4 Å². The first-order chi connectivity index (χ1) is 22.3. The van der Waals surface area contributed by atoms with Crippen LogP contribution in [0.15, 0.2) is 48.8 Å². The van der Waals surface area contributed by atoms with Crippen molar-refractivity contribution in [1.82, 2.24) is 24.6 Å². The lowest BCUT2D eigenvalue weighted by atomic mass is 9.97. The molecule has 0 unspecified atom stereocenters. The van der Waals surface area contributed by atoms with Gasteiger partial charge in [-0.3, -0.25) is 13.9 Å². The number of halogens is 2. The summed E-state index contributed by atoms with van der Waals surface area (Å²) in [4.78, 5) is 27.6. The molecule has 0 aliphatic carbocycles. The highest BCUT2D eigenvalue weighted by molar-refractivity contribution is 7.52. The zero-order valence-corrected chi connectivity index (χ0v) is 29.0. The van der Waals surface area contributed by atoms with Crippen LogP contribution in [-0.4, -0.2) is 81.6 Å². The van der Waals surface area contributed by atoms with Crippen molar-refractivity contribution in [3.63, 3.8) is 0 Å². The van der Waals surface area contributed by atoms with Gasteiger partial charge in [0.05, 0.1) is 12.9 Å². The minimum atomic E-state index is -4.68. The fourth-order valence-corrected chi connectivity index (χ4v) is 6.75. The van der Waals surface area contributed by atoms with E-state index in [1.807, 2.05) is 39.0 Å². The molecule has 0 spiro atoms. The van der Waals surface area contributed by atoms with Crippen LogP contribution < -0.4 is 14.5 Å². The average Bonchev–Trinajstić information content (AvgIpc) is 3.50. The average molecular weight is 691 g/mol. The molecular weight excluding hydrogens is 649 g/mol. The number of esters is 1. The summed E-state index contributed by atoms with van der Waals surface area (Å²) in [6, 6.07) is 10.8. The molecule has 1 aliphatic rings. The smallest absolute Gasteiger partial charge is 0.459 e. The molecule has 48 heavy (non-hydrogen) atoms. The number of alkyl halides is 2. The van der Waals surface area contributed by atoms with E-state index >= 15 is 8.78 Å². The third-order valence-corrected chi connectivity index (χ3v) is 9.29. The molecule has 1 saturated heterocycles. The molecule has 4 aromatic rings. The van der Waals surface area contributed by atoms with Crippen molar-refractivity contribution < 1.29 is 41.8 Å². The van der Waals surface area contributed by atoms with E-state index in [4.69, 9.17) is 18.5 Å². The van der Waals surface area contributed by atoms with Gasteiger partial charge in [0.25, 0.3) is 5.85 Å². The van der Waals surface area contributed by atoms with E-state index in [0.717, 1.165) is 12.3 Å². The number of benzene rings is 2. The van der Waals surface area contributed by atoms with Crippen molar-refractivity contribution in [2.24, 2.45) is 5.41 Å². The Hall–Kier alpha value is -3.75. The van der Waals surface area contributed by atoms with Crippen LogP contribution in [0.25, 0.3) is 21.9 Å². The molecule has 2 N–H and O–H groups in total. The normalized spacial score (nSPS) is 24.8. The highest BCUT2D eigenvalue weighted by Gasteiger charge is 2.65. The predicted molar refractivity (Wildman–Crippen MR) is 175 cm³/mol. The number of nitrogens with one attached hydrogen (secondary N) is 1. The molecule has 2 aromatic carbocycles. The van der Waals surface area contributed by atoms with Crippen LogP contribution >= 0.6 is 7.75 Å². The highest BCUT2D eigenvalue weighted by Crippen LogP contribution is 2.52. The van der Waals surface area contributed by atoms with Crippen LogP contribution in [0.2, 0.25) is 0 Å². The van der Waals surface area contributed by atoms with Crippen LogP contribution in [0.5, 0.6) is 5.75 Å². The minimum absolute atomic E-state index is 0.0701. The standard InChI is InChI=1S/C32H41F2N6O7P/c1-19(27(41)44-16-30(3,4)5)38-48(43,47-23-15-11-13-21-12-9-10-14-22(21)23)45-17-32(34)28(42)31(6,33)29(46-32)40-18-35-24-25(39(7)8)36-20(2)37-26(24)40/h9-15,18-19,28-29,42H,16-17H2,1-8H3,(H,38,43)/t19-,28-,29+,31+,32+,48+/m0/s1. The van der Waals surface area contributed by atoms with Gasteiger partial charge in [-0.1, -0.05) is 57.2 Å². The number of hydrogen-bond donors (Lipinski definition) is 2. The second-order valence-electron chi connectivity index (χ2n) is 13.5. The Balaban J connectivity index is 1.45. The summed E-state index contributed by atoms with van der Waals surface area (Å²) in [5.41, 5.74) is -2.65. The summed E-state index contributed by atoms with van der Waals surface area (Å²) < 4.78 is 70.7. The van der Waals surface area contributed by atoms with E-state index < -0.39 is 50.2 Å². The fourth-order valence-electron chi connectivity index (χ4n) is 5.22.